The van der Waals surface area contributed by atoms with Crippen molar-refractivity contribution in [1.29, 1.82) is 0 Å². The topological polar surface area (TPSA) is 72.7 Å². The van der Waals surface area contributed by atoms with Gasteiger partial charge in [0.15, 0.2) is 5.65 Å². The van der Waals surface area contributed by atoms with Crippen LogP contribution in [0.5, 0.6) is 0 Å². The Morgan fingerprint density at radius 3 is 2.70 bits per heavy atom. The van der Waals surface area contributed by atoms with Gasteiger partial charge in [0.05, 0.1) is 5.69 Å². The Morgan fingerprint density at radius 1 is 1.04 bits per heavy atom. The van der Waals surface area contributed by atoms with Crippen molar-refractivity contribution < 1.29 is 4.79 Å². The maximum absolute atomic E-state index is 12.5. The third kappa shape index (κ3) is 3.29. The van der Waals surface area contributed by atoms with Crippen molar-refractivity contribution in [3.63, 3.8) is 0 Å². The number of hydrogen-bond acceptors (Lipinski definition) is 4. The quantitative estimate of drug-likeness (QED) is 0.608. The molecular weight excluding hydrogens is 338 g/mol. The Hall–Kier alpha value is -3.54. The smallest absolute Gasteiger partial charge is 0.251 e. The minimum Gasteiger partial charge on any atom is -0.348 e. The SMILES string of the molecule is Cc1ccccc1CNC(=O)c1ccc(-n2nnc3cccnc32)c(C)c1. The molecule has 0 saturated heterocycles. The van der Waals surface area contributed by atoms with Crippen LogP contribution in [0, 0.1) is 13.8 Å². The molecule has 2 aromatic carbocycles. The van der Waals surface area contributed by atoms with Gasteiger partial charge in [0, 0.05) is 18.3 Å². The van der Waals surface area contributed by atoms with E-state index in [1.807, 2.05) is 62.4 Å². The van der Waals surface area contributed by atoms with Crippen LogP contribution in [-0.2, 0) is 6.54 Å². The van der Waals surface area contributed by atoms with Crippen LogP contribution in [0.4, 0.5) is 0 Å². The molecule has 1 amide bonds. The zero-order chi connectivity index (χ0) is 18.8. The van der Waals surface area contributed by atoms with Gasteiger partial charge in [0.1, 0.15) is 5.52 Å². The van der Waals surface area contributed by atoms with Crippen LogP contribution in [0.3, 0.4) is 0 Å². The summed E-state index contributed by atoms with van der Waals surface area (Å²) in [7, 11) is 0. The first-order chi connectivity index (χ1) is 13.1. The number of nitrogens with zero attached hydrogens (tertiary/aromatic N) is 4. The first-order valence-corrected chi connectivity index (χ1v) is 8.73. The van der Waals surface area contributed by atoms with Crippen molar-refractivity contribution in [2.75, 3.05) is 0 Å². The van der Waals surface area contributed by atoms with Crippen LogP contribution in [-0.4, -0.2) is 25.9 Å². The summed E-state index contributed by atoms with van der Waals surface area (Å²) in [6.45, 7) is 4.49. The fraction of sp³-hybridized carbons (Fsp3) is 0.143. The van der Waals surface area contributed by atoms with E-state index in [0.29, 0.717) is 17.8 Å². The van der Waals surface area contributed by atoms with Gasteiger partial charge in [-0.2, -0.15) is 4.68 Å². The molecule has 0 bridgehead atoms. The molecular formula is C21H19N5O. The number of aryl methyl sites for hydroxylation is 2. The van der Waals surface area contributed by atoms with E-state index in [0.717, 1.165) is 27.9 Å². The Morgan fingerprint density at radius 2 is 1.89 bits per heavy atom. The van der Waals surface area contributed by atoms with Crippen LogP contribution < -0.4 is 5.32 Å². The Balaban J connectivity index is 1.56. The molecule has 4 rings (SSSR count). The molecule has 134 valence electrons. The van der Waals surface area contributed by atoms with Gasteiger partial charge in [-0.25, -0.2) is 4.98 Å². The first-order valence-electron chi connectivity index (χ1n) is 8.73. The van der Waals surface area contributed by atoms with E-state index in [2.05, 4.69) is 20.6 Å². The van der Waals surface area contributed by atoms with E-state index in [9.17, 15) is 4.79 Å². The van der Waals surface area contributed by atoms with Crippen molar-refractivity contribution in [2.24, 2.45) is 0 Å². The molecule has 0 radical (unpaired) electrons. The highest BCUT2D eigenvalue weighted by atomic mass is 16.1. The fourth-order valence-electron chi connectivity index (χ4n) is 3.05. The lowest BCUT2D eigenvalue weighted by Crippen LogP contribution is -2.23. The molecule has 6 nitrogen and oxygen atoms in total. The average Bonchev–Trinajstić information content (AvgIpc) is 3.11. The van der Waals surface area contributed by atoms with Crippen molar-refractivity contribution in [3.8, 4) is 5.69 Å². The Bertz CT molecular complexity index is 1130. The molecule has 0 atom stereocenters. The lowest BCUT2D eigenvalue weighted by molar-refractivity contribution is 0.0951. The van der Waals surface area contributed by atoms with Crippen molar-refractivity contribution in [1.82, 2.24) is 25.3 Å². The van der Waals surface area contributed by atoms with E-state index in [1.54, 1.807) is 16.9 Å². The number of fused-ring (bicyclic) bond motifs is 1. The van der Waals surface area contributed by atoms with Gasteiger partial charge in [-0.3, -0.25) is 4.79 Å². The molecule has 4 aromatic rings. The van der Waals surface area contributed by atoms with Gasteiger partial charge in [0.25, 0.3) is 5.91 Å². The second kappa shape index (κ2) is 6.99. The van der Waals surface area contributed by atoms with E-state index in [4.69, 9.17) is 0 Å². The van der Waals surface area contributed by atoms with E-state index in [1.165, 1.54) is 0 Å². The normalized spacial score (nSPS) is 10.9. The second-order valence-corrected chi connectivity index (χ2v) is 6.46. The van der Waals surface area contributed by atoms with Crippen molar-refractivity contribution in [2.45, 2.75) is 20.4 Å². The molecule has 0 aliphatic rings. The lowest BCUT2D eigenvalue weighted by Gasteiger charge is -2.10. The molecule has 0 saturated carbocycles. The molecule has 0 aliphatic heterocycles. The number of carbonyl (C=O) groups is 1. The molecule has 0 spiro atoms. The minimum atomic E-state index is -0.102. The minimum absolute atomic E-state index is 0.102. The van der Waals surface area contributed by atoms with Gasteiger partial charge in [-0.05, 0) is 60.9 Å². The molecule has 27 heavy (non-hydrogen) atoms. The fourth-order valence-corrected chi connectivity index (χ4v) is 3.05. The highest BCUT2D eigenvalue weighted by Crippen LogP contribution is 2.19. The molecule has 0 fully saturated rings. The largest absolute Gasteiger partial charge is 0.348 e. The van der Waals surface area contributed by atoms with Gasteiger partial charge in [-0.15, -0.1) is 5.10 Å². The molecule has 6 heteroatoms. The molecule has 1 N–H and O–H groups in total. The number of nitrogens with one attached hydrogen (secondary N) is 1. The van der Waals surface area contributed by atoms with Crippen LogP contribution >= 0.6 is 0 Å². The third-order valence-corrected chi connectivity index (χ3v) is 4.60. The predicted molar refractivity (Wildman–Crippen MR) is 104 cm³/mol. The van der Waals surface area contributed by atoms with Gasteiger partial charge >= 0.3 is 0 Å². The number of rotatable bonds is 4. The summed E-state index contributed by atoms with van der Waals surface area (Å²) in [6.07, 6.45) is 1.71. The molecule has 0 aliphatic carbocycles. The Kier molecular flexibility index (Phi) is 4.38. The highest BCUT2D eigenvalue weighted by Gasteiger charge is 2.12. The summed E-state index contributed by atoms with van der Waals surface area (Å²) < 4.78 is 1.69. The summed E-state index contributed by atoms with van der Waals surface area (Å²) in [4.78, 5) is 16.9. The number of pyridine rings is 1. The number of aromatic nitrogens is 4. The zero-order valence-electron chi connectivity index (χ0n) is 15.2. The number of hydrogen-bond donors (Lipinski definition) is 1. The van der Waals surface area contributed by atoms with Gasteiger partial charge in [0.2, 0.25) is 0 Å². The zero-order valence-corrected chi connectivity index (χ0v) is 15.2. The highest BCUT2D eigenvalue weighted by molar-refractivity contribution is 5.94. The lowest BCUT2D eigenvalue weighted by atomic mass is 10.1. The monoisotopic (exact) mass is 357 g/mol. The van der Waals surface area contributed by atoms with Crippen molar-refractivity contribution >= 4 is 17.1 Å². The van der Waals surface area contributed by atoms with Crippen LogP contribution in [0.25, 0.3) is 16.9 Å². The van der Waals surface area contributed by atoms with Crippen molar-refractivity contribution in [3.05, 3.63) is 83.0 Å². The van der Waals surface area contributed by atoms with Crippen LogP contribution in [0.2, 0.25) is 0 Å². The number of benzene rings is 2. The van der Waals surface area contributed by atoms with E-state index in [-0.39, 0.29) is 5.91 Å². The number of carbonyl (C=O) groups excluding carboxylic acids is 1. The summed E-state index contributed by atoms with van der Waals surface area (Å²) in [5.74, 6) is -0.102. The predicted octanol–water partition coefficient (Wildman–Crippen LogP) is 3.36. The molecule has 0 unspecified atom stereocenters. The van der Waals surface area contributed by atoms with Gasteiger partial charge < -0.3 is 5.32 Å². The average molecular weight is 357 g/mol. The maximum Gasteiger partial charge on any atom is 0.251 e. The van der Waals surface area contributed by atoms with Gasteiger partial charge in [-0.1, -0.05) is 29.5 Å². The molecule has 2 aromatic heterocycles. The maximum atomic E-state index is 12.5. The summed E-state index contributed by atoms with van der Waals surface area (Å²) in [5, 5.41) is 11.3. The Labute approximate surface area is 156 Å². The summed E-state index contributed by atoms with van der Waals surface area (Å²) in [6, 6.07) is 17.3. The first kappa shape index (κ1) is 16.9. The number of amides is 1. The summed E-state index contributed by atoms with van der Waals surface area (Å²) >= 11 is 0. The van der Waals surface area contributed by atoms with Crippen LogP contribution in [0.1, 0.15) is 27.0 Å². The van der Waals surface area contributed by atoms with E-state index < -0.39 is 0 Å². The van der Waals surface area contributed by atoms with E-state index >= 15 is 0 Å². The third-order valence-electron chi connectivity index (χ3n) is 4.60. The van der Waals surface area contributed by atoms with Crippen LogP contribution in [0.15, 0.2) is 60.8 Å². The standard InChI is InChI=1S/C21H19N5O/c1-14-6-3-4-7-17(14)13-23-21(27)16-9-10-19(15(2)12-16)26-20-18(24-25-26)8-5-11-22-20/h3-12H,13H2,1-2H3,(H,23,27). The molecule has 2 heterocycles. The summed E-state index contributed by atoms with van der Waals surface area (Å²) in [5.41, 5.74) is 6.09. The second-order valence-electron chi connectivity index (χ2n) is 6.46.